The van der Waals surface area contributed by atoms with Crippen molar-refractivity contribution in [1.29, 1.82) is 0 Å². The van der Waals surface area contributed by atoms with Crippen molar-refractivity contribution in [3.63, 3.8) is 0 Å². The summed E-state index contributed by atoms with van der Waals surface area (Å²) >= 11 is 0. The van der Waals surface area contributed by atoms with Gasteiger partial charge in [0, 0.05) is 25.7 Å². The van der Waals surface area contributed by atoms with Crippen LogP contribution in [-0.2, 0) is 65.4 Å². The number of aliphatic hydroxyl groups is 1. The number of carbonyl (C=O) groups excluding carboxylic acids is 4. The summed E-state index contributed by atoms with van der Waals surface area (Å²) < 4.78 is 68.6. The largest absolute Gasteiger partial charge is 0.472 e. The third-order valence-corrected chi connectivity index (χ3v) is 20.9. The van der Waals surface area contributed by atoms with Gasteiger partial charge in [-0.2, -0.15) is 0 Å². The van der Waals surface area contributed by atoms with Crippen molar-refractivity contribution in [2.45, 2.75) is 414 Å². The molecule has 0 radical (unpaired) electrons. The minimum absolute atomic E-state index is 0.106. The van der Waals surface area contributed by atoms with Gasteiger partial charge in [-0.25, -0.2) is 9.13 Å². The van der Waals surface area contributed by atoms with E-state index in [-0.39, 0.29) is 25.7 Å². The Morgan fingerprint density at radius 2 is 0.500 bits per heavy atom. The Morgan fingerprint density at radius 1 is 0.292 bits per heavy atom. The van der Waals surface area contributed by atoms with Crippen LogP contribution in [0.1, 0.15) is 395 Å². The molecule has 0 aliphatic rings. The van der Waals surface area contributed by atoms with Gasteiger partial charge in [0.25, 0.3) is 0 Å². The number of hydrogen-bond acceptors (Lipinski definition) is 15. The van der Waals surface area contributed by atoms with Crippen molar-refractivity contribution in [2.75, 3.05) is 39.6 Å². The minimum atomic E-state index is -4.96. The molecule has 570 valence electrons. The van der Waals surface area contributed by atoms with Crippen molar-refractivity contribution < 1.29 is 80.2 Å². The first-order valence-electron chi connectivity index (χ1n) is 40.0. The van der Waals surface area contributed by atoms with E-state index in [4.69, 9.17) is 37.0 Å². The van der Waals surface area contributed by atoms with Crippen molar-refractivity contribution in [2.24, 2.45) is 17.8 Å². The number of phosphoric acid groups is 2. The fraction of sp³-hybridized carbons (Fsp3) is 0.948. The summed E-state index contributed by atoms with van der Waals surface area (Å²) in [4.78, 5) is 72.9. The molecule has 0 spiro atoms. The lowest BCUT2D eigenvalue weighted by molar-refractivity contribution is -0.161. The molecule has 0 aliphatic heterocycles. The quantitative estimate of drug-likeness (QED) is 0.0222. The molecule has 0 aliphatic carbocycles. The first kappa shape index (κ1) is 94.1. The maximum Gasteiger partial charge on any atom is 0.472 e. The second-order valence-electron chi connectivity index (χ2n) is 28.5. The van der Waals surface area contributed by atoms with Crippen molar-refractivity contribution >= 4 is 39.5 Å². The average Bonchev–Trinajstić information content (AvgIpc) is 1.20. The molecule has 0 aromatic carbocycles. The van der Waals surface area contributed by atoms with Crippen molar-refractivity contribution in [3.8, 4) is 0 Å². The van der Waals surface area contributed by atoms with E-state index in [1.54, 1.807) is 0 Å². The van der Waals surface area contributed by atoms with E-state index >= 15 is 0 Å². The number of aliphatic hydroxyl groups excluding tert-OH is 1. The fourth-order valence-electron chi connectivity index (χ4n) is 11.7. The summed E-state index contributed by atoms with van der Waals surface area (Å²) in [6.07, 6.45) is 53.8. The van der Waals surface area contributed by atoms with E-state index in [1.165, 1.54) is 205 Å². The maximum atomic E-state index is 13.1. The first-order chi connectivity index (χ1) is 46.3. The smallest absolute Gasteiger partial charge is 0.462 e. The Balaban J connectivity index is 5.28. The highest BCUT2D eigenvalue weighted by molar-refractivity contribution is 7.47. The molecule has 0 aromatic heterocycles. The molecule has 0 heterocycles. The Bertz CT molecular complexity index is 1880. The van der Waals surface area contributed by atoms with Gasteiger partial charge in [0.2, 0.25) is 0 Å². The molecule has 96 heavy (non-hydrogen) atoms. The monoisotopic (exact) mass is 1410 g/mol. The zero-order chi connectivity index (χ0) is 70.9. The van der Waals surface area contributed by atoms with Crippen LogP contribution >= 0.6 is 15.6 Å². The Hall–Kier alpha value is -1.94. The van der Waals surface area contributed by atoms with Gasteiger partial charge in [0.1, 0.15) is 19.3 Å². The van der Waals surface area contributed by atoms with E-state index in [2.05, 4.69) is 48.5 Å². The number of unbranched alkanes of at least 4 members (excludes halogenated alkanes) is 40. The van der Waals surface area contributed by atoms with Crippen LogP contribution in [0.3, 0.4) is 0 Å². The topological polar surface area (TPSA) is 237 Å². The predicted octanol–water partition coefficient (Wildman–Crippen LogP) is 22.6. The number of hydrogen-bond donors (Lipinski definition) is 3. The maximum absolute atomic E-state index is 13.1. The highest BCUT2D eigenvalue weighted by Gasteiger charge is 2.30. The Labute approximate surface area is 588 Å². The number of carbonyl (C=O) groups is 4. The van der Waals surface area contributed by atoms with Crippen LogP contribution in [0.2, 0.25) is 0 Å². The summed E-state index contributed by atoms with van der Waals surface area (Å²) in [5, 5.41) is 10.6. The summed E-state index contributed by atoms with van der Waals surface area (Å²) in [5.74, 6) is 0.275. The van der Waals surface area contributed by atoms with E-state index in [9.17, 15) is 43.2 Å². The van der Waals surface area contributed by atoms with Gasteiger partial charge >= 0.3 is 39.5 Å². The lowest BCUT2D eigenvalue weighted by atomic mass is 9.99. The van der Waals surface area contributed by atoms with Crippen LogP contribution in [0.15, 0.2) is 0 Å². The zero-order valence-corrected chi connectivity index (χ0v) is 64.6. The molecule has 5 unspecified atom stereocenters. The second kappa shape index (κ2) is 67.5. The number of phosphoric ester groups is 2. The third kappa shape index (κ3) is 66.6. The number of rotatable bonds is 75. The van der Waals surface area contributed by atoms with Gasteiger partial charge in [-0.3, -0.25) is 37.3 Å². The van der Waals surface area contributed by atoms with E-state index in [0.29, 0.717) is 25.7 Å². The molecule has 0 amide bonds. The summed E-state index contributed by atoms with van der Waals surface area (Å²) in [5.41, 5.74) is 0. The lowest BCUT2D eigenvalue weighted by Crippen LogP contribution is -2.30. The fourth-order valence-corrected chi connectivity index (χ4v) is 13.3. The van der Waals surface area contributed by atoms with Crippen LogP contribution in [0.25, 0.3) is 0 Å². The normalized spacial score (nSPS) is 14.9. The molecular weight excluding hydrogens is 1260 g/mol. The van der Waals surface area contributed by atoms with Crippen molar-refractivity contribution in [3.05, 3.63) is 0 Å². The predicted molar refractivity (Wildman–Crippen MR) is 391 cm³/mol. The molecule has 17 nitrogen and oxygen atoms in total. The molecule has 0 aromatic rings. The van der Waals surface area contributed by atoms with Crippen molar-refractivity contribution in [1.82, 2.24) is 0 Å². The summed E-state index contributed by atoms with van der Waals surface area (Å²) in [6.45, 7) is 12.0. The van der Waals surface area contributed by atoms with Gasteiger partial charge in [0.05, 0.1) is 26.4 Å². The van der Waals surface area contributed by atoms with Gasteiger partial charge in [-0.15, -0.1) is 0 Å². The zero-order valence-electron chi connectivity index (χ0n) is 62.8. The molecule has 0 bridgehead atoms. The van der Waals surface area contributed by atoms with E-state index in [0.717, 1.165) is 108 Å². The molecule has 0 fully saturated rings. The molecule has 3 N–H and O–H groups in total. The summed E-state index contributed by atoms with van der Waals surface area (Å²) in [6, 6.07) is 0. The molecule has 0 rings (SSSR count). The van der Waals surface area contributed by atoms with Gasteiger partial charge in [0.15, 0.2) is 12.2 Å². The minimum Gasteiger partial charge on any atom is -0.462 e. The van der Waals surface area contributed by atoms with Gasteiger partial charge < -0.3 is 33.8 Å². The van der Waals surface area contributed by atoms with Gasteiger partial charge in [-0.05, 0) is 43.4 Å². The van der Waals surface area contributed by atoms with Crippen LogP contribution in [0, 0.1) is 17.8 Å². The molecule has 0 saturated heterocycles. The van der Waals surface area contributed by atoms with Crippen LogP contribution in [-0.4, -0.2) is 96.7 Å². The molecule has 8 atom stereocenters. The highest BCUT2D eigenvalue weighted by Crippen LogP contribution is 2.45. The molecular formula is C77H150O17P2. The second-order valence-corrected chi connectivity index (χ2v) is 31.4. The first-order valence-corrected chi connectivity index (χ1v) is 43.0. The van der Waals surface area contributed by atoms with Crippen LogP contribution < -0.4 is 0 Å². The Morgan fingerprint density at radius 3 is 0.740 bits per heavy atom. The van der Waals surface area contributed by atoms with Crippen LogP contribution in [0.4, 0.5) is 0 Å². The Kier molecular flexibility index (Phi) is 66.2. The molecule has 19 heteroatoms. The lowest BCUT2D eigenvalue weighted by Gasteiger charge is -2.21. The van der Waals surface area contributed by atoms with E-state index < -0.39 is 97.5 Å². The summed E-state index contributed by atoms with van der Waals surface area (Å²) in [7, 11) is -9.92. The average molecular weight is 1410 g/mol. The SMILES string of the molecule is CCCCCCCCCCCCCCCCCCC(=O)O[C@H](COC(=O)CCCCCCCCCCCCC(C)CC)COP(=O)(O)OC[C@@H](O)COP(=O)(O)OC[C@@H](COC(=O)CCCCCCCCCCC(C)CC)OC(=O)CCCCCCCCCCCCC(C)CC. The number of esters is 4. The third-order valence-electron chi connectivity index (χ3n) is 19.0. The standard InChI is InChI=1S/C77H150O17P2/c1-8-12-13-14-15-16-17-18-19-20-21-22-30-39-46-53-60-76(81)93-72(64-87-74(79)58-51-44-37-29-25-23-27-34-41-48-55-68(5)9-2)66-91-95(83,84)89-62-71(78)63-90-96(85,86)92-67-73(65-88-75(80)59-52-45-38-33-32-36-43-50-57-70(7)11-4)94-77(82)61-54-47-40-31-26-24-28-35-42-49-56-69(6)10-3/h68-73,78H,8-67H2,1-7H3,(H,83,84)(H,85,86)/t68?,69?,70?,71-,72-,73-/m1/s1. The van der Waals surface area contributed by atoms with Crippen LogP contribution in [0.5, 0.6) is 0 Å². The van der Waals surface area contributed by atoms with E-state index in [1.807, 2.05) is 0 Å². The number of ether oxygens (including phenoxy) is 4. The molecule has 0 saturated carbocycles. The highest BCUT2D eigenvalue weighted by atomic mass is 31.2. The van der Waals surface area contributed by atoms with Gasteiger partial charge in [-0.1, -0.05) is 344 Å².